The van der Waals surface area contributed by atoms with Crippen molar-refractivity contribution in [3.05, 3.63) is 30.1 Å². The summed E-state index contributed by atoms with van der Waals surface area (Å²) < 4.78 is 10.3. The highest BCUT2D eigenvalue weighted by Gasteiger charge is 2.18. The first kappa shape index (κ1) is 6.76. The quantitative estimate of drug-likeness (QED) is 0.602. The maximum atomic E-state index is 5.25. The third-order valence-electron chi connectivity index (χ3n) is 1.64. The minimum absolute atomic E-state index is 0.0381. The van der Waals surface area contributed by atoms with Crippen LogP contribution in [0.15, 0.2) is 24.4 Å². The van der Waals surface area contributed by atoms with Gasteiger partial charge in [0.25, 0.3) is 0 Å². The van der Waals surface area contributed by atoms with E-state index in [1.807, 2.05) is 18.2 Å². The molecule has 11 heavy (non-hydrogen) atoms. The summed E-state index contributed by atoms with van der Waals surface area (Å²) in [7, 11) is 0. The van der Waals surface area contributed by atoms with Gasteiger partial charge in [0, 0.05) is 6.20 Å². The van der Waals surface area contributed by atoms with Crippen molar-refractivity contribution in [2.75, 3.05) is 13.4 Å². The Hall–Kier alpha value is -0.930. The van der Waals surface area contributed by atoms with Crippen molar-refractivity contribution in [1.82, 2.24) is 4.98 Å². The molecular weight excluding hydrogens is 142 g/mol. The topological polar surface area (TPSA) is 31.4 Å². The van der Waals surface area contributed by atoms with Gasteiger partial charge in [-0.25, -0.2) is 0 Å². The Morgan fingerprint density at radius 2 is 2.45 bits per heavy atom. The molecule has 3 nitrogen and oxygen atoms in total. The fourth-order valence-corrected chi connectivity index (χ4v) is 1.07. The SMILES string of the molecule is c1ccc([C@H]2COCO2)nc1. The molecule has 1 atom stereocenters. The molecule has 0 spiro atoms. The Kier molecular flexibility index (Phi) is 1.83. The van der Waals surface area contributed by atoms with Crippen LogP contribution >= 0.6 is 0 Å². The Morgan fingerprint density at radius 1 is 1.45 bits per heavy atom. The van der Waals surface area contributed by atoms with Gasteiger partial charge in [0.1, 0.15) is 12.9 Å². The van der Waals surface area contributed by atoms with Crippen molar-refractivity contribution in [1.29, 1.82) is 0 Å². The predicted molar refractivity (Wildman–Crippen MR) is 38.9 cm³/mol. The van der Waals surface area contributed by atoms with Crippen LogP contribution in [0.5, 0.6) is 0 Å². The zero-order valence-corrected chi connectivity index (χ0v) is 6.06. The van der Waals surface area contributed by atoms with E-state index in [2.05, 4.69) is 4.98 Å². The maximum absolute atomic E-state index is 5.25. The molecule has 1 aliphatic rings. The predicted octanol–water partition coefficient (Wildman–Crippen LogP) is 1.13. The molecule has 1 aliphatic heterocycles. The smallest absolute Gasteiger partial charge is 0.147 e. The molecular formula is C8H9NO2. The minimum Gasteiger partial charge on any atom is -0.352 e. The lowest BCUT2D eigenvalue weighted by atomic mass is 10.2. The van der Waals surface area contributed by atoms with E-state index in [-0.39, 0.29) is 6.10 Å². The molecule has 0 aromatic carbocycles. The molecule has 2 heterocycles. The molecule has 1 aromatic rings. The van der Waals surface area contributed by atoms with Gasteiger partial charge in [0.05, 0.1) is 12.3 Å². The van der Waals surface area contributed by atoms with Crippen LogP contribution in [0.25, 0.3) is 0 Å². The summed E-state index contributed by atoms with van der Waals surface area (Å²) in [5, 5.41) is 0. The van der Waals surface area contributed by atoms with Gasteiger partial charge in [-0.1, -0.05) is 6.07 Å². The molecule has 1 saturated heterocycles. The van der Waals surface area contributed by atoms with Gasteiger partial charge in [-0.3, -0.25) is 4.98 Å². The van der Waals surface area contributed by atoms with Crippen LogP contribution in [-0.4, -0.2) is 18.4 Å². The van der Waals surface area contributed by atoms with Crippen molar-refractivity contribution in [3.63, 3.8) is 0 Å². The summed E-state index contributed by atoms with van der Waals surface area (Å²) >= 11 is 0. The van der Waals surface area contributed by atoms with Crippen molar-refractivity contribution in [3.8, 4) is 0 Å². The highest BCUT2D eigenvalue weighted by atomic mass is 16.7. The lowest BCUT2D eigenvalue weighted by Gasteiger charge is -2.04. The molecule has 0 bridgehead atoms. The van der Waals surface area contributed by atoms with E-state index >= 15 is 0 Å². The molecule has 3 heteroatoms. The second-order valence-electron chi connectivity index (χ2n) is 2.40. The fourth-order valence-electron chi connectivity index (χ4n) is 1.07. The second kappa shape index (κ2) is 2.98. The van der Waals surface area contributed by atoms with Crippen LogP contribution in [-0.2, 0) is 9.47 Å². The minimum atomic E-state index is 0.0381. The highest BCUT2D eigenvalue weighted by molar-refractivity contribution is 5.07. The van der Waals surface area contributed by atoms with E-state index < -0.39 is 0 Å². The van der Waals surface area contributed by atoms with Crippen molar-refractivity contribution >= 4 is 0 Å². The second-order valence-corrected chi connectivity index (χ2v) is 2.40. The highest BCUT2D eigenvalue weighted by Crippen LogP contribution is 2.19. The van der Waals surface area contributed by atoms with E-state index in [1.165, 1.54) is 0 Å². The zero-order valence-electron chi connectivity index (χ0n) is 6.06. The van der Waals surface area contributed by atoms with Gasteiger partial charge in [0.15, 0.2) is 0 Å². The molecule has 0 amide bonds. The first-order valence-corrected chi connectivity index (χ1v) is 3.57. The van der Waals surface area contributed by atoms with Gasteiger partial charge in [-0.15, -0.1) is 0 Å². The van der Waals surface area contributed by atoms with Gasteiger partial charge in [-0.2, -0.15) is 0 Å². The molecule has 1 fully saturated rings. The van der Waals surface area contributed by atoms with E-state index in [9.17, 15) is 0 Å². The Balaban J connectivity index is 2.16. The van der Waals surface area contributed by atoms with Crippen LogP contribution in [0.3, 0.4) is 0 Å². The first-order chi connectivity index (χ1) is 5.47. The molecule has 0 saturated carbocycles. The van der Waals surface area contributed by atoms with E-state index in [0.717, 1.165) is 5.69 Å². The van der Waals surface area contributed by atoms with Crippen LogP contribution in [0.1, 0.15) is 11.8 Å². The Morgan fingerprint density at radius 3 is 3.09 bits per heavy atom. The summed E-state index contributed by atoms with van der Waals surface area (Å²) in [6, 6.07) is 5.78. The third kappa shape index (κ3) is 1.39. The van der Waals surface area contributed by atoms with Crippen LogP contribution in [0.4, 0.5) is 0 Å². The molecule has 0 aliphatic carbocycles. The largest absolute Gasteiger partial charge is 0.352 e. The van der Waals surface area contributed by atoms with E-state index in [4.69, 9.17) is 9.47 Å². The third-order valence-corrected chi connectivity index (χ3v) is 1.64. The average molecular weight is 151 g/mol. The Labute approximate surface area is 65.0 Å². The molecule has 2 rings (SSSR count). The summed E-state index contributed by atoms with van der Waals surface area (Å²) in [6.07, 6.45) is 1.80. The number of rotatable bonds is 1. The number of aromatic nitrogens is 1. The molecule has 0 N–H and O–H groups in total. The summed E-state index contributed by atoms with van der Waals surface area (Å²) in [5.41, 5.74) is 0.949. The standard InChI is InChI=1S/C8H9NO2/c1-2-4-9-7(3-1)8-5-10-6-11-8/h1-4,8H,5-6H2/t8-/m1/s1. The van der Waals surface area contributed by atoms with Gasteiger partial charge in [0.2, 0.25) is 0 Å². The summed E-state index contributed by atoms with van der Waals surface area (Å²) in [5.74, 6) is 0. The number of hydrogen-bond donors (Lipinski definition) is 0. The van der Waals surface area contributed by atoms with E-state index in [1.54, 1.807) is 6.20 Å². The molecule has 58 valence electrons. The van der Waals surface area contributed by atoms with Gasteiger partial charge < -0.3 is 9.47 Å². The van der Waals surface area contributed by atoms with Crippen LogP contribution in [0, 0.1) is 0 Å². The number of hydrogen-bond acceptors (Lipinski definition) is 3. The lowest BCUT2D eigenvalue weighted by molar-refractivity contribution is 0.0455. The number of pyridine rings is 1. The van der Waals surface area contributed by atoms with Crippen LogP contribution in [0.2, 0.25) is 0 Å². The average Bonchev–Trinajstić information content (AvgIpc) is 2.58. The molecule has 0 unspecified atom stereocenters. The van der Waals surface area contributed by atoms with Crippen molar-refractivity contribution < 1.29 is 9.47 Å². The van der Waals surface area contributed by atoms with Crippen molar-refractivity contribution in [2.24, 2.45) is 0 Å². The normalized spacial score (nSPS) is 23.8. The lowest BCUT2D eigenvalue weighted by Crippen LogP contribution is -2.01. The van der Waals surface area contributed by atoms with Crippen LogP contribution < -0.4 is 0 Å². The fraction of sp³-hybridized carbons (Fsp3) is 0.375. The van der Waals surface area contributed by atoms with Crippen molar-refractivity contribution in [2.45, 2.75) is 6.10 Å². The summed E-state index contributed by atoms with van der Waals surface area (Å²) in [6.45, 7) is 1.01. The van der Waals surface area contributed by atoms with Gasteiger partial charge in [-0.05, 0) is 12.1 Å². The molecule has 1 aromatic heterocycles. The Bertz CT molecular complexity index is 219. The summed E-state index contributed by atoms with van der Waals surface area (Å²) in [4.78, 5) is 4.16. The zero-order chi connectivity index (χ0) is 7.52. The number of ether oxygens (including phenoxy) is 2. The van der Waals surface area contributed by atoms with E-state index in [0.29, 0.717) is 13.4 Å². The first-order valence-electron chi connectivity index (χ1n) is 3.57. The molecule has 0 radical (unpaired) electrons. The van der Waals surface area contributed by atoms with Gasteiger partial charge >= 0.3 is 0 Å². The monoisotopic (exact) mass is 151 g/mol. The maximum Gasteiger partial charge on any atom is 0.147 e. The number of nitrogens with zero attached hydrogens (tertiary/aromatic N) is 1.